The summed E-state index contributed by atoms with van der Waals surface area (Å²) in [5.41, 5.74) is -0.0917. The van der Waals surface area contributed by atoms with Crippen molar-refractivity contribution in [2.24, 2.45) is 0 Å². The maximum absolute atomic E-state index is 13.5. The Morgan fingerprint density at radius 1 is 1.13 bits per heavy atom. The minimum atomic E-state index is -4.99. The van der Waals surface area contributed by atoms with Crippen LogP contribution in [0.1, 0.15) is 21.6 Å². The number of pyridine rings is 1. The number of hydrogen-bond acceptors (Lipinski definition) is 5. The molecule has 3 heterocycles. The third-order valence-corrected chi connectivity index (χ3v) is 6.32. The minimum absolute atomic E-state index is 0.110. The Morgan fingerprint density at radius 2 is 1.87 bits per heavy atom. The van der Waals surface area contributed by atoms with Crippen LogP contribution in [0.5, 0.6) is 0 Å². The fourth-order valence-electron chi connectivity index (χ4n) is 3.40. The summed E-state index contributed by atoms with van der Waals surface area (Å²) >= 11 is 0. The first-order valence-electron chi connectivity index (χ1n) is 8.80. The molecule has 0 N–H and O–H groups in total. The molecule has 4 rings (SSSR count). The van der Waals surface area contributed by atoms with Crippen molar-refractivity contribution in [3.8, 4) is 0 Å². The molecule has 0 bridgehead atoms. The summed E-state index contributed by atoms with van der Waals surface area (Å²) in [5.74, 6) is -5.12. The molecular weight excluding hydrogens is 423 g/mol. The fourth-order valence-corrected chi connectivity index (χ4v) is 4.32. The normalized spacial score (nSPS) is 14.2. The summed E-state index contributed by atoms with van der Waals surface area (Å²) in [6.45, 7) is -0.0960. The summed E-state index contributed by atoms with van der Waals surface area (Å²) < 4.78 is 64.5. The van der Waals surface area contributed by atoms with Crippen LogP contribution < -0.4 is 5.56 Å². The van der Waals surface area contributed by atoms with Gasteiger partial charge in [-0.3, -0.25) is 14.0 Å². The molecule has 2 aromatic heterocycles. The fraction of sp³-hybridized carbons (Fsp3) is 0.211. The maximum Gasteiger partial charge on any atom is 0.341 e. The van der Waals surface area contributed by atoms with Crippen LogP contribution in [-0.2, 0) is 22.8 Å². The predicted molar refractivity (Wildman–Crippen MR) is 99.5 cm³/mol. The average Bonchev–Trinajstić information content (AvgIpc) is 2.73. The summed E-state index contributed by atoms with van der Waals surface area (Å²) in [7, 11) is -4.99. The number of alkyl halides is 2. The van der Waals surface area contributed by atoms with Crippen molar-refractivity contribution in [1.29, 1.82) is 0 Å². The molecule has 0 saturated carbocycles. The number of carbonyl (C=O) groups is 1. The van der Waals surface area contributed by atoms with Gasteiger partial charge in [-0.05, 0) is 24.3 Å². The molecule has 1 amide bonds. The van der Waals surface area contributed by atoms with Gasteiger partial charge in [-0.25, -0.2) is 17.8 Å². The molecule has 1 aliphatic heterocycles. The van der Waals surface area contributed by atoms with Crippen LogP contribution in [0.4, 0.5) is 13.2 Å². The van der Waals surface area contributed by atoms with Crippen molar-refractivity contribution in [1.82, 2.24) is 14.3 Å². The lowest BCUT2D eigenvalue weighted by molar-refractivity contribution is 0.0728. The van der Waals surface area contributed by atoms with E-state index in [9.17, 15) is 31.2 Å². The van der Waals surface area contributed by atoms with E-state index in [0.29, 0.717) is 5.69 Å². The molecule has 1 aromatic carbocycles. The molecule has 30 heavy (non-hydrogen) atoms. The molecular formula is C19H14F3N3O4S. The van der Waals surface area contributed by atoms with Gasteiger partial charge in [0, 0.05) is 19.2 Å². The van der Waals surface area contributed by atoms with Gasteiger partial charge in [0.1, 0.15) is 11.5 Å². The van der Waals surface area contributed by atoms with Crippen LogP contribution in [0.15, 0.2) is 52.3 Å². The van der Waals surface area contributed by atoms with E-state index in [1.807, 2.05) is 0 Å². The maximum atomic E-state index is 13.5. The highest BCUT2D eigenvalue weighted by Crippen LogP contribution is 2.25. The highest BCUT2D eigenvalue weighted by molar-refractivity contribution is 7.91. The Kier molecular flexibility index (Phi) is 4.85. The lowest BCUT2D eigenvalue weighted by Gasteiger charge is -2.28. The molecule has 156 valence electrons. The predicted octanol–water partition coefficient (Wildman–Crippen LogP) is 2.03. The van der Waals surface area contributed by atoms with Gasteiger partial charge in [0.05, 0.1) is 28.3 Å². The number of aromatic nitrogens is 2. The van der Waals surface area contributed by atoms with Crippen LogP contribution in [0.3, 0.4) is 0 Å². The molecule has 0 saturated heterocycles. The number of sulfone groups is 1. The molecule has 0 fully saturated rings. The van der Waals surface area contributed by atoms with Gasteiger partial charge < -0.3 is 4.90 Å². The zero-order valence-electron chi connectivity index (χ0n) is 15.3. The van der Waals surface area contributed by atoms with Gasteiger partial charge in [0.25, 0.3) is 11.5 Å². The van der Waals surface area contributed by atoms with Gasteiger partial charge in [-0.1, -0.05) is 12.1 Å². The van der Waals surface area contributed by atoms with Crippen molar-refractivity contribution in [2.45, 2.75) is 23.6 Å². The van der Waals surface area contributed by atoms with Gasteiger partial charge in [-0.2, -0.15) is 8.78 Å². The van der Waals surface area contributed by atoms with Crippen molar-refractivity contribution in [3.05, 3.63) is 75.6 Å². The molecule has 7 nitrogen and oxygen atoms in total. The number of amides is 1. The van der Waals surface area contributed by atoms with E-state index >= 15 is 0 Å². The third kappa shape index (κ3) is 3.24. The van der Waals surface area contributed by atoms with Crippen LogP contribution in [-0.4, -0.2) is 40.9 Å². The van der Waals surface area contributed by atoms with Gasteiger partial charge >= 0.3 is 5.76 Å². The van der Waals surface area contributed by atoms with E-state index < -0.39 is 43.3 Å². The van der Waals surface area contributed by atoms with Crippen molar-refractivity contribution in [3.63, 3.8) is 0 Å². The minimum Gasteiger partial charge on any atom is -0.334 e. The van der Waals surface area contributed by atoms with Crippen molar-refractivity contribution < 1.29 is 26.4 Å². The molecule has 0 spiro atoms. The number of rotatable bonds is 3. The molecule has 1 aliphatic rings. The topological polar surface area (TPSA) is 88.8 Å². The Labute approximate surface area is 168 Å². The first-order valence-corrected chi connectivity index (χ1v) is 10.3. The van der Waals surface area contributed by atoms with Crippen LogP contribution in [0, 0.1) is 5.82 Å². The standard InChI is InChI=1S/C19H14F3N3O4S/c20-11-5-6-16-23-14-7-8-24(10-13(14)18(27)25(16)9-11)17(26)12-3-1-2-4-15(12)30(28,29)19(21)22/h1-6,9,19H,7-8,10H2. The first kappa shape index (κ1) is 20.1. The molecule has 0 atom stereocenters. The molecule has 3 aromatic rings. The summed E-state index contributed by atoms with van der Waals surface area (Å²) in [4.78, 5) is 30.5. The number of hydrogen-bond donors (Lipinski definition) is 0. The number of carbonyl (C=O) groups excluding carboxylic acids is 1. The monoisotopic (exact) mass is 437 g/mol. The van der Waals surface area contributed by atoms with E-state index in [-0.39, 0.29) is 30.7 Å². The SMILES string of the molecule is O=C(c1ccccc1S(=O)(=O)C(F)F)N1CCc2nc3ccc(F)cn3c(=O)c2C1. The van der Waals surface area contributed by atoms with E-state index in [0.717, 1.165) is 22.7 Å². The Hall–Kier alpha value is -3.21. The molecule has 0 radical (unpaired) electrons. The summed E-state index contributed by atoms with van der Waals surface area (Å²) in [5, 5.41) is 0. The second kappa shape index (κ2) is 7.24. The second-order valence-electron chi connectivity index (χ2n) is 6.70. The number of halogens is 3. The van der Waals surface area contributed by atoms with Gasteiger partial charge in [0.2, 0.25) is 9.84 Å². The van der Waals surface area contributed by atoms with E-state index in [4.69, 9.17) is 0 Å². The van der Waals surface area contributed by atoms with E-state index in [1.165, 1.54) is 29.2 Å². The lowest BCUT2D eigenvalue weighted by Crippen LogP contribution is -2.40. The smallest absolute Gasteiger partial charge is 0.334 e. The summed E-state index contributed by atoms with van der Waals surface area (Å²) in [6.07, 6.45) is 1.18. The zero-order valence-corrected chi connectivity index (χ0v) is 16.1. The summed E-state index contributed by atoms with van der Waals surface area (Å²) in [6, 6.07) is 7.23. The largest absolute Gasteiger partial charge is 0.341 e. The number of fused-ring (bicyclic) bond motifs is 2. The number of nitrogens with zero attached hydrogens (tertiary/aromatic N) is 3. The van der Waals surface area contributed by atoms with Gasteiger partial charge in [0.15, 0.2) is 0 Å². The van der Waals surface area contributed by atoms with Gasteiger partial charge in [-0.15, -0.1) is 0 Å². The van der Waals surface area contributed by atoms with E-state index in [2.05, 4.69) is 4.98 Å². The van der Waals surface area contributed by atoms with Crippen LogP contribution >= 0.6 is 0 Å². The van der Waals surface area contributed by atoms with Crippen molar-refractivity contribution in [2.75, 3.05) is 6.54 Å². The van der Waals surface area contributed by atoms with Crippen LogP contribution in [0.25, 0.3) is 5.65 Å². The first-order chi connectivity index (χ1) is 14.2. The molecule has 0 aliphatic carbocycles. The molecule has 11 heteroatoms. The zero-order chi connectivity index (χ0) is 21.6. The second-order valence-corrected chi connectivity index (χ2v) is 8.58. The van der Waals surface area contributed by atoms with E-state index in [1.54, 1.807) is 0 Å². The Balaban J connectivity index is 1.75. The third-order valence-electron chi connectivity index (χ3n) is 4.88. The van der Waals surface area contributed by atoms with Crippen molar-refractivity contribution >= 4 is 21.4 Å². The number of benzene rings is 1. The Bertz CT molecular complexity index is 1340. The highest BCUT2D eigenvalue weighted by Gasteiger charge is 2.33. The highest BCUT2D eigenvalue weighted by atomic mass is 32.2. The lowest BCUT2D eigenvalue weighted by atomic mass is 10.1. The quantitative estimate of drug-likeness (QED) is 0.626. The van der Waals surface area contributed by atoms with Crippen LogP contribution in [0.2, 0.25) is 0 Å². The Morgan fingerprint density at radius 3 is 2.60 bits per heavy atom. The molecule has 0 unspecified atom stereocenters. The average molecular weight is 437 g/mol.